The van der Waals surface area contributed by atoms with Crippen LogP contribution in [-0.2, 0) is 11.2 Å². The fourth-order valence-corrected chi connectivity index (χ4v) is 2.15. The van der Waals surface area contributed by atoms with Crippen LogP contribution in [0.3, 0.4) is 0 Å². The van der Waals surface area contributed by atoms with E-state index >= 15 is 0 Å². The third kappa shape index (κ3) is 3.55. The van der Waals surface area contributed by atoms with Gasteiger partial charge >= 0.3 is 0 Å². The van der Waals surface area contributed by atoms with Gasteiger partial charge in [0.05, 0.1) is 5.92 Å². The summed E-state index contributed by atoms with van der Waals surface area (Å²) in [6.45, 7) is 0. The van der Waals surface area contributed by atoms with E-state index in [2.05, 4.69) is 12.6 Å². The summed E-state index contributed by atoms with van der Waals surface area (Å²) in [6.07, 6.45) is 0.386. The lowest BCUT2D eigenvalue weighted by molar-refractivity contribution is -0.112. The van der Waals surface area contributed by atoms with Gasteiger partial charge in [-0.2, -0.15) is 0 Å². The van der Waals surface area contributed by atoms with Crippen molar-refractivity contribution in [2.45, 2.75) is 6.42 Å². The number of Topliss-reactive ketones (excluding diaryl/α,β-unsaturated/α-hetero) is 1. The fraction of sp³-hybridized carbons (Fsp3) is 0.125. The maximum atomic E-state index is 12.3. The highest BCUT2D eigenvalue weighted by Gasteiger charge is 2.25. The second kappa shape index (κ2) is 6.34. The Balaban J connectivity index is 2.22. The molecule has 0 saturated heterocycles. The van der Waals surface area contributed by atoms with Crippen LogP contribution in [0.2, 0.25) is 0 Å². The Hall–Kier alpha value is -1.87. The molecule has 2 aromatic rings. The number of carbonyl (C=O) groups is 2. The number of rotatable bonds is 5. The minimum atomic E-state index is -0.729. The van der Waals surface area contributed by atoms with Crippen molar-refractivity contribution in [2.75, 3.05) is 0 Å². The zero-order valence-corrected chi connectivity index (χ0v) is 11.2. The molecule has 0 amide bonds. The Labute approximate surface area is 117 Å². The minimum absolute atomic E-state index is 0.176. The van der Waals surface area contributed by atoms with Gasteiger partial charge in [0.1, 0.15) is 0 Å². The van der Waals surface area contributed by atoms with Gasteiger partial charge in [-0.15, -0.1) is 12.6 Å². The monoisotopic (exact) mass is 270 g/mol. The van der Waals surface area contributed by atoms with Gasteiger partial charge in [0, 0.05) is 5.56 Å². The molecule has 0 spiro atoms. The smallest absolute Gasteiger partial charge is 0.197 e. The van der Waals surface area contributed by atoms with E-state index < -0.39 is 11.0 Å². The third-order valence-electron chi connectivity index (χ3n) is 2.96. The van der Waals surface area contributed by atoms with Crippen LogP contribution < -0.4 is 0 Å². The number of hydrogen-bond donors (Lipinski definition) is 1. The highest BCUT2D eigenvalue weighted by atomic mass is 32.1. The summed E-state index contributed by atoms with van der Waals surface area (Å²) >= 11 is 3.85. The molecular formula is C16H14O2S. The van der Waals surface area contributed by atoms with Gasteiger partial charge in [-0.05, 0) is 12.0 Å². The lowest BCUT2D eigenvalue weighted by atomic mass is 9.92. The average Bonchev–Trinajstić information content (AvgIpc) is 2.46. The van der Waals surface area contributed by atoms with Gasteiger partial charge in [0.2, 0.25) is 0 Å². The Kier molecular flexibility index (Phi) is 4.53. The predicted octanol–water partition coefficient (Wildman–Crippen LogP) is 3.18. The zero-order valence-electron chi connectivity index (χ0n) is 10.3. The third-order valence-corrected chi connectivity index (χ3v) is 3.27. The normalized spacial score (nSPS) is 11.8. The van der Waals surface area contributed by atoms with E-state index in [4.69, 9.17) is 0 Å². The second-order valence-electron chi connectivity index (χ2n) is 4.31. The maximum Gasteiger partial charge on any atom is 0.197 e. The van der Waals surface area contributed by atoms with Crippen molar-refractivity contribution in [3.05, 3.63) is 71.8 Å². The standard InChI is InChI=1S/C16H14O2S/c17-15(13-9-5-2-6-10-13)14(16(18)19)11-12-7-3-1-4-8-12/h1-10,14H,11H2,(H,18,19)/t14-/m0/s1. The van der Waals surface area contributed by atoms with Crippen molar-refractivity contribution < 1.29 is 9.59 Å². The molecule has 0 aliphatic rings. The molecule has 0 fully saturated rings. The summed E-state index contributed by atoms with van der Waals surface area (Å²) in [6, 6.07) is 18.3. The van der Waals surface area contributed by atoms with Crippen LogP contribution >= 0.6 is 12.6 Å². The molecule has 0 radical (unpaired) electrons. The van der Waals surface area contributed by atoms with Crippen LogP contribution in [0.5, 0.6) is 0 Å². The Morgan fingerprint density at radius 1 is 0.895 bits per heavy atom. The van der Waals surface area contributed by atoms with E-state index in [1.165, 1.54) is 0 Å². The summed E-state index contributed by atoms with van der Waals surface area (Å²) in [5, 5.41) is -0.391. The van der Waals surface area contributed by atoms with Crippen molar-refractivity contribution in [3.63, 3.8) is 0 Å². The van der Waals surface area contributed by atoms with Gasteiger partial charge in [-0.3, -0.25) is 9.59 Å². The lowest BCUT2D eigenvalue weighted by Crippen LogP contribution is -2.23. The molecule has 2 rings (SSSR count). The van der Waals surface area contributed by atoms with Crippen molar-refractivity contribution in [2.24, 2.45) is 5.92 Å². The summed E-state index contributed by atoms with van der Waals surface area (Å²) in [5.41, 5.74) is 1.50. The van der Waals surface area contributed by atoms with Gasteiger partial charge in [-0.1, -0.05) is 60.7 Å². The maximum absolute atomic E-state index is 12.3. The van der Waals surface area contributed by atoms with Crippen LogP contribution in [0.25, 0.3) is 0 Å². The molecule has 1 atom stereocenters. The largest absolute Gasteiger partial charge is 0.293 e. The first kappa shape index (κ1) is 13.6. The number of thiol groups is 1. The first-order valence-electron chi connectivity index (χ1n) is 6.04. The quantitative estimate of drug-likeness (QED) is 0.514. The summed E-state index contributed by atoms with van der Waals surface area (Å²) in [7, 11) is 0. The lowest BCUT2D eigenvalue weighted by Gasteiger charge is -2.12. The van der Waals surface area contributed by atoms with Gasteiger partial charge in [0.25, 0.3) is 0 Å². The van der Waals surface area contributed by atoms with Crippen LogP contribution in [0, 0.1) is 5.92 Å². The Bertz CT molecular complexity index is 564. The van der Waals surface area contributed by atoms with E-state index in [1.54, 1.807) is 24.3 Å². The topological polar surface area (TPSA) is 34.1 Å². The van der Waals surface area contributed by atoms with Crippen molar-refractivity contribution in [1.82, 2.24) is 0 Å². The SMILES string of the molecule is O=C(S)[C@@H](Cc1ccccc1)C(=O)c1ccccc1. The highest BCUT2D eigenvalue weighted by Crippen LogP contribution is 2.17. The molecule has 0 aromatic heterocycles. The molecule has 0 unspecified atom stereocenters. The zero-order chi connectivity index (χ0) is 13.7. The first-order chi connectivity index (χ1) is 9.18. The van der Waals surface area contributed by atoms with E-state index in [0.29, 0.717) is 12.0 Å². The molecule has 0 heterocycles. The van der Waals surface area contributed by atoms with E-state index in [1.807, 2.05) is 36.4 Å². The van der Waals surface area contributed by atoms with Gasteiger partial charge in [0.15, 0.2) is 10.9 Å². The minimum Gasteiger partial charge on any atom is -0.293 e. The predicted molar refractivity (Wildman–Crippen MR) is 78.4 cm³/mol. The molecule has 19 heavy (non-hydrogen) atoms. The molecule has 2 aromatic carbocycles. The molecule has 0 saturated carbocycles. The summed E-state index contributed by atoms with van der Waals surface area (Å²) < 4.78 is 0. The molecule has 96 valence electrons. The number of carbonyl (C=O) groups excluding carboxylic acids is 2. The van der Waals surface area contributed by atoms with Crippen LogP contribution in [0.4, 0.5) is 0 Å². The van der Waals surface area contributed by atoms with Crippen LogP contribution in [0.1, 0.15) is 15.9 Å². The molecule has 3 heteroatoms. The second-order valence-corrected chi connectivity index (χ2v) is 4.75. The number of ketones is 1. The van der Waals surface area contributed by atoms with E-state index in [0.717, 1.165) is 5.56 Å². The summed E-state index contributed by atoms with van der Waals surface area (Å²) in [4.78, 5) is 23.9. The van der Waals surface area contributed by atoms with Crippen molar-refractivity contribution >= 4 is 23.5 Å². The number of hydrogen-bond acceptors (Lipinski definition) is 2. The van der Waals surface area contributed by atoms with E-state index in [9.17, 15) is 9.59 Å². The van der Waals surface area contributed by atoms with Gasteiger partial charge in [-0.25, -0.2) is 0 Å². The Morgan fingerprint density at radius 3 is 1.95 bits per heavy atom. The molecular weight excluding hydrogens is 256 g/mol. The van der Waals surface area contributed by atoms with Crippen molar-refractivity contribution in [3.8, 4) is 0 Å². The summed E-state index contributed by atoms with van der Waals surface area (Å²) in [5.74, 6) is -0.905. The van der Waals surface area contributed by atoms with Crippen LogP contribution in [-0.4, -0.2) is 10.9 Å². The highest BCUT2D eigenvalue weighted by molar-refractivity contribution is 7.96. The molecule has 0 N–H and O–H groups in total. The molecule has 0 aliphatic carbocycles. The fourth-order valence-electron chi connectivity index (χ4n) is 1.95. The molecule has 0 aliphatic heterocycles. The molecule has 2 nitrogen and oxygen atoms in total. The van der Waals surface area contributed by atoms with E-state index in [-0.39, 0.29) is 5.78 Å². The van der Waals surface area contributed by atoms with Crippen molar-refractivity contribution in [1.29, 1.82) is 0 Å². The molecule has 0 bridgehead atoms. The first-order valence-corrected chi connectivity index (χ1v) is 6.49. The number of benzene rings is 2. The van der Waals surface area contributed by atoms with Gasteiger partial charge < -0.3 is 0 Å². The average molecular weight is 270 g/mol. The van der Waals surface area contributed by atoms with Crippen LogP contribution in [0.15, 0.2) is 60.7 Å². The Morgan fingerprint density at radius 2 is 1.42 bits per heavy atom.